The molecule has 0 bridgehead atoms. The number of ether oxygens (including phenoxy) is 1. The maximum Gasteiger partial charge on any atom is 0.305 e. The highest BCUT2D eigenvalue weighted by Gasteiger charge is 2.18. The van der Waals surface area contributed by atoms with Gasteiger partial charge in [0.1, 0.15) is 0 Å². The molecule has 67 heavy (non-hydrogen) atoms. The lowest BCUT2D eigenvalue weighted by molar-refractivity contribution is -0.143. The highest BCUT2D eigenvalue weighted by Crippen LogP contribution is 2.17. The van der Waals surface area contributed by atoms with Crippen molar-refractivity contribution in [3.8, 4) is 0 Å². The average molecular weight is 945 g/mol. The van der Waals surface area contributed by atoms with E-state index in [4.69, 9.17) is 4.74 Å². The molecule has 0 aromatic heterocycles. The highest BCUT2D eigenvalue weighted by atomic mass is 16.5. The standard InChI is InChI=1S/C61H117NO5/c1-3-5-7-9-11-13-15-17-19-21-23-24-25-26-28-30-33-37-41-45-49-53-59(64)58(57-63)62-60(65)54-50-46-42-38-34-32-36-40-44-48-52-56-67-61(66)55-51-47-43-39-35-31-29-27-22-20-18-16-14-12-10-8-6-4-2/h36,40,49,53,58-59,63-64H,3-35,37-39,41-48,50-52,54-57H2,1-2H3,(H,62,65)/b40-36-,53-49+. The lowest BCUT2D eigenvalue weighted by Gasteiger charge is -2.20. The van der Waals surface area contributed by atoms with Gasteiger partial charge in [-0.15, -0.1) is 0 Å². The molecule has 396 valence electrons. The second kappa shape index (κ2) is 56.9. The van der Waals surface area contributed by atoms with Crippen LogP contribution in [-0.4, -0.2) is 47.4 Å². The summed E-state index contributed by atoms with van der Waals surface area (Å²) in [6.07, 6.45) is 69.2. The second-order valence-corrected chi connectivity index (χ2v) is 20.7. The van der Waals surface area contributed by atoms with Gasteiger partial charge in [0.15, 0.2) is 0 Å². The number of carbonyl (C=O) groups is 2. The van der Waals surface area contributed by atoms with Crippen LogP contribution in [0.25, 0.3) is 0 Å². The molecule has 3 N–H and O–H groups in total. The highest BCUT2D eigenvalue weighted by molar-refractivity contribution is 5.76. The van der Waals surface area contributed by atoms with Crippen LogP contribution in [0.2, 0.25) is 0 Å². The van der Waals surface area contributed by atoms with E-state index >= 15 is 0 Å². The lowest BCUT2D eigenvalue weighted by atomic mass is 10.0. The van der Waals surface area contributed by atoms with Gasteiger partial charge >= 0.3 is 5.97 Å². The molecule has 0 aromatic carbocycles. The third kappa shape index (κ3) is 53.5. The SMILES string of the molecule is CCCCCCCCCCCCCCCCCCCCC/C=C/C(O)C(CO)NC(=O)CCCCCCC/C=C\CCCCOC(=O)CCCCCCCCCCCCCCCCCCCC. The number of aliphatic hydroxyl groups excluding tert-OH is 2. The molecule has 0 aromatic rings. The first-order valence-electron chi connectivity index (χ1n) is 30.1. The van der Waals surface area contributed by atoms with Crippen molar-refractivity contribution in [1.29, 1.82) is 0 Å². The summed E-state index contributed by atoms with van der Waals surface area (Å²) < 4.78 is 5.46. The molecule has 2 unspecified atom stereocenters. The van der Waals surface area contributed by atoms with Crippen LogP contribution in [-0.2, 0) is 14.3 Å². The van der Waals surface area contributed by atoms with Gasteiger partial charge in [-0.25, -0.2) is 0 Å². The largest absolute Gasteiger partial charge is 0.466 e. The molecule has 6 heteroatoms. The van der Waals surface area contributed by atoms with Crippen molar-refractivity contribution in [1.82, 2.24) is 5.32 Å². The van der Waals surface area contributed by atoms with Gasteiger partial charge in [-0.05, 0) is 57.8 Å². The van der Waals surface area contributed by atoms with Crippen LogP contribution in [0.3, 0.4) is 0 Å². The summed E-state index contributed by atoms with van der Waals surface area (Å²) in [6.45, 7) is 4.85. The second-order valence-electron chi connectivity index (χ2n) is 20.7. The van der Waals surface area contributed by atoms with E-state index < -0.39 is 12.1 Å². The molecule has 0 radical (unpaired) electrons. The Morgan fingerprint density at radius 2 is 0.701 bits per heavy atom. The Morgan fingerprint density at radius 3 is 1.06 bits per heavy atom. The van der Waals surface area contributed by atoms with Crippen molar-refractivity contribution >= 4 is 11.9 Å². The van der Waals surface area contributed by atoms with Crippen LogP contribution in [0.5, 0.6) is 0 Å². The fraction of sp³-hybridized carbons (Fsp3) is 0.902. The summed E-state index contributed by atoms with van der Waals surface area (Å²) in [5.74, 6) is -0.122. The van der Waals surface area contributed by atoms with E-state index in [0.717, 1.165) is 83.5 Å². The monoisotopic (exact) mass is 944 g/mol. The number of hydrogen-bond acceptors (Lipinski definition) is 5. The minimum atomic E-state index is -0.863. The molecule has 0 saturated carbocycles. The zero-order valence-electron chi connectivity index (χ0n) is 45.1. The Balaban J connectivity index is 3.51. The predicted molar refractivity (Wildman–Crippen MR) is 292 cm³/mol. The summed E-state index contributed by atoms with van der Waals surface area (Å²) >= 11 is 0. The van der Waals surface area contributed by atoms with Gasteiger partial charge in [0.05, 0.1) is 25.4 Å². The maximum atomic E-state index is 12.5. The van der Waals surface area contributed by atoms with Crippen LogP contribution < -0.4 is 5.32 Å². The van der Waals surface area contributed by atoms with Crippen LogP contribution >= 0.6 is 0 Å². The molecule has 0 saturated heterocycles. The molecule has 0 aliphatic carbocycles. The Labute approximate surface area is 418 Å². The number of hydrogen-bond donors (Lipinski definition) is 3. The summed E-state index contributed by atoms with van der Waals surface area (Å²) in [6, 6.07) is -0.649. The minimum Gasteiger partial charge on any atom is -0.466 e. The van der Waals surface area contributed by atoms with Crippen molar-refractivity contribution in [2.75, 3.05) is 13.2 Å². The summed E-state index contributed by atoms with van der Waals surface area (Å²) in [7, 11) is 0. The smallest absolute Gasteiger partial charge is 0.305 e. The van der Waals surface area contributed by atoms with Crippen LogP contribution in [0.4, 0.5) is 0 Å². The fourth-order valence-electron chi connectivity index (χ4n) is 9.34. The third-order valence-electron chi connectivity index (χ3n) is 14.0. The van der Waals surface area contributed by atoms with Crippen LogP contribution in [0.15, 0.2) is 24.3 Å². The number of rotatable bonds is 56. The first-order valence-corrected chi connectivity index (χ1v) is 30.1. The number of nitrogens with one attached hydrogen (secondary N) is 1. The predicted octanol–water partition coefficient (Wildman–Crippen LogP) is 18.6. The van der Waals surface area contributed by atoms with Crippen LogP contribution in [0, 0.1) is 0 Å². The van der Waals surface area contributed by atoms with Crippen molar-refractivity contribution in [3.05, 3.63) is 24.3 Å². The van der Waals surface area contributed by atoms with E-state index in [9.17, 15) is 19.8 Å². The first kappa shape index (κ1) is 65.3. The maximum absolute atomic E-state index is 12.5. The van der Waals surface area contributed by atoms with Gasteiger partial charge in [-0.3, -0.25) is 9.59 Å². The Kier molecular flexibility index (Phi) is 55.5. The van der Waals surface area contributed by atoms with Gasteiger partial charge in [-0.1, -0.05) is 282 Å². The number of aliphatic hydroxyl groups is 2. The molecule has 0 aliphatic rings. The van der Waals surface area contributed by atoms with Gasteiger partial charge in [0, 0.05) is 12.8 Å². The Morgan fingerprint density at radius 1 is 0.403 bits per heavy atom. The molecule has 6 nitrogen and oxygen atoms in total. The topological polar surface area (TPSA) is 95.9 Å². The van der Waals surface area contributed by atoms with Gasteiger partial charge in [0.2, 0.25) is 5.91 Å². The van der Waals surface area contributed by atoms with E-state index in [1.807, 2.05) is 6.08 Å². The zero-order chi connectivity index (χ0) is 48.6. The third-order valence-corrected chi connectivity index (χ3v) is 14.0. The molecule has 0 fully saturated rings. The van der Waals surface area contributed by atoms with Crippen molar-refractivity contribution < 1.29 is 24.5 Å². The molecule has 0 aliphatic heterocycles. The number of esters is 1. The molecular formula is C61H117NO5. The first-order chi connectivity index (χ1) is 33.0. The molecule has 2 atom stereocenters. The normalized spacial score (nSPS) is 12.7. The molecule has 1 amide bonds. The average Bonchev–Trinajstić information content (AvgIpc) is 3.33. The van der Waals surface area contributed by atoms with E-state index in [2.05, 4.69) is 31.3 Å². The number of allylic oxidation sites excluding steroid dienone is 3. The molecule has 0 rings (SSSR count). The van der Waals surface area contributed by atoms with E-state index in [1.54, 1.807) is 6.08 Å². The number of carbonyl (C=O) groups excluding carboxylic acids is 2. The summed E-state index contributed by atoms with van der Waals surface area (Å²) in [5.41, 5.74) is 0. The molecule has 0 heterocycles. The van der Waals surface area contributed by atoms with E-state index in [1.165, 1.54) is 218 Å². The van der Waals surface area contributed by atoms with Crippen molar-refractivity contribution in [2.24, 2.45) is 0 Å². The van der Waals surface area contributed by atoms with Gasteiger partial charge in [-0.2, -0.15) is 0 Å². The number of unbranched alkanes of at least 4 members (excludes halogenated alkanes) is 43. The summed E-state index contributed by atoms with van der Waals surface area (Å²) in [5, 5.41) is 23.2. The summed E-state index contributed by atoms with van der Waals surface area (Å²) in [4.78, 5) is 24.6. The quantitative estimate of drug-likeness (QED) is 0.0321. The zero-order valence-corrected chi connectivity index (χ0v) is 45.1. The lowest BCUT2D eigenvalue weighted by Crippen LogP contribution is -2.45. The Bertz CT molecular complexity index is 1040. The van der Waals surface area contributed by atoms with Crippen molar-refractivity contribution in [3.63, 3.8) is 0 Å². The van der Waals surface area contributed by atoms with Gasteiger partial charge in [0.25, 0.3) is 0 Å². The number of amides is 1. The molecule has 0 spiro atoms. The van der Waals surface area contributed by atoms with Crippen molar-refractivity contribution in [2.45, 2.75) is 341 Å². The Hall–Kier alpha value is -1.66. The minimum absolute atomic E-state index is 0.0280. The van der Waals surface area contributed by atoms with E-state index in [0.29, 0.717) is 19.4 Å². The fourth-order valence-corrected chi connectivity index (χ4v) is 9.34. The molecular weight excluding hydrogens is 827 g/mol. The van der Waals surface area contributed by atoms with Gasteiger partial charge < -0.3 is 20.3 Å². The van der Waals surface area contributed by atoms with E-state index in [-0.39, 0.29) is 18.5 Å². The van der Waals surface area contributed by atoms with Crippen LogP contribution in [0.1, 0.15) is 328 Å².